The summed E-state index contributed by atoms with van der Waals surface area (Å²) < 4.78 is 11.5. The van der Waals surface area contributed by atoms with E-state index >= 15 is 0 Å². The van der Waals surface area contributed by atoms with Gasteiger partial charge in [0.25, 0.3) is 0 Å². The highest BCUT2D eigenvalue weighted by atomic mass is 16.5. The van der Waals surface area contributed by atoms with E-state index in [0.717, 1.165) is 33.6 Å². The fourth-order valence-electron chi connectivity index (χ4n) is 3.41. The number of rotatable bonds is 9. The molecule has 5 heteroatoms. The number of aliphatic hydroxyl groups is 1. The Morgan fingerprint density at radius 2 is 1.63 bits per heavy atom. The van der Waals surface area contributed by atoms with E-state index in [0.29, 0.717) is 5.75 Å². The summed E-state index contributed by atoms with van der Waals surface area (Å²) >= 11 is 0. The first kappa shape index (κ1) is 21.4. The first-order valence-electron chi connectivity index (χ1n) is 9.86. The summed E-state index contributed by atoms with van der Waals surface area (Å²) in [5.41, 5.74) is 4.76. The van der Waals surface area contributed by atoms with Gasteiger partial charge >= 0.3 is 5.97 Å². The Labute approximate surface area is 176 Å². The molecule has 3 rings (SSSR count). The van der Waals surface area contributed by atoms with Crippen LogP contribution in [0.3, 0.4) is 0 Å². The normalized spacial score (nSPS) is 11.7. The molecule has 1 atom stereocenters. The first-order chi connectivity index (χ1) is 14.5. The Hall–Kier alpha value is -3.31. The number of aliphatic hydroxyl groups excluding tert-OH is 1. The van der Waals surface area contributed by atoms with Crippen LogP contribution < -0.4 is 9.47 Å². The molecule has 5 nitrogen and oxygen atoms in total. The summed E-state index contributed by atoms with van der Waals surface area (Å²) in [6.07, 6.45) is -0.685. The van der Waals surface area contributed by atoms with E-state index < -0.39 is 12.1 Å². The standard InChI is InChI=1S/C25H26O5/c1-17-13-21(14-18(2)24(17)29-12-11-26)20-9-6-10-22(16-20)30-23(25(27)28)15-19-7-4-3-5-8-19/h3-10,13-14,16,23,26H,11-12,15H2,1-2H3,(H,27,28). The molecule has 0 amide bonds. The zero-order valence-corrected chi connectivity index (χ0v) is 17.2. The van der Waals surface area contributed by atoms with Crippen LogP contribution in [0.5, 0.6) is 11.5 Å². The van der Waals surface area contributed by atoms with E-state index in [1.54, 1.807) is 6.07 Å². The molecule has 3 aromatic carbocycles. The summed E-state index contributed by atoms with van der Waals surface area (Å²) in [5, 5.41) is 18.6. The zero-order chi connectivity index (χ0) is 21.5. The number of hydrogen-bond acceptors (Lipinski definition) is 4. The molecule has 156 valence electrons. The summed E-state index contributed by atoms with van der Waals surface area (Å²) in [5.74, 6) is 0.280. The Kier molecular flexibility index (Phi) is 7.09. The maximum absolute atomic E-state index is 11.7. The van der Waals surface area contributed by atoms with Crippen molar-refractivity contribution < 1.29 is 24.5 Å². The van der Waals surface area contributed by atoms with Gasteiger partial charge in [-0.2, -0.15) is 0 Å². The van der Waals surface area contributed by atoms with E-state index in [4.69, 9.17) is 14.6 Å². The van der Waals surface area contributed by atoms with E-state index in [1.165, 1.54) is 0 Å². The fourth-order valence-corrected chi connectivity index (χ4v) is 3.41. The summed E-state index contributed by atoms with van der Waals surface area (Å²) in [4.78, 5) is 11.7. The molecule has 0 aliphatic rings. The van der Waals surface area contributed by atoms with Crippen molar-refractivity contribution in [3.63, 3.8) is 0 Å². The summed E-state index contributed by atoms with van der Waals surface area (Å²) in [7, 11) is 0. The highest BCUT2D eigenvalue weighted by Crippen LogP contribution is 2.32. The number of carboxylic acids is 1. The molecule has 0 saturated carbocycles. The van der Waals surface area contributed by atoms with Gasteiger partial charge in [0.2, 0.25) is 0 Å². The Morgan fingerprint density at radius 1 is 0.933 bits per heavy atom. The van der Waals surface area contributed by atoms with Crippen LogP contribution in [0.4, 0.5) is 0 Å². The average Bonchev–Trinajstić information content (AvgIpc) is 2.73. The van der Waals surface area contributed by atoms with Crippen LogP contribution in [-0.4, -0.2) is 35.5 Å². The van der Waals surface area contributed by atoms with Gasteiger partial charge < -0.3 is 19.7 Å². The number of aliphatic carboxylic acids is 1. The lowest BCUT2D eigenvalue weighted by atomic mass is 9.99. The minimum atomic E-state index is -0.999. The van der Waals surface area contributed by atoms with Crippen LogP contribution >= 0.6 is 0 Å². The molecule has 0 aromatic heterocycles. The topological polar surface area (TPSA) is 76.0 Å². The van der Waals surface area contributed by atoms with Gasteiger partial charge in [0, 0.05) is 6.42 Å². The largest absolute Gasteiger partial charge is 0.491 e. The predicted octanol–water partition coefficient (Wildman–Crippen LogP) is 4.42. The fraction of sp³-hybridized carbons (Fsp3) is 0.240. The van der Waals surface area contributed by atoms with Crippen molar-refractivity contribution in [3.05, 3.63) is 83.4 Å². The van der Waals surface area contributed by atoms with Crippen LogP contribution in [0.25, 0.3) is 11.1 Å². The molecule has 1 unspecified atom stereocenters. The van der Waals surface area contributed by atoms with Crippen molar-refractivity contribution in [2.45, 2.75) is 26.4 Å². The molecule has 30 heavy (non-hydrogen) atoms. The second-order valence-electron chi connectivity index (χ2n) is 7.17. The molecule has 0 saturated heterocycles. The van der Waals surface area contributed by atoms with Crippen molar-refractivity contribution in [2.75, 3.05) is 13.2 Å². The average molecular weight is 406 g/mol. The number of benzene rings is 3. The highest BCUT2D eigenvalue weighted by molar-refractivity contribution is 5.74. The number of carboxylic acid groups (broad SMARTS) is 1. The lowest BCUT2D eigenvalue weighted by molar-refractivity contribution is -0.145. The third kappa shape index (κ3) is 5.39. The Bertz CT molecular complexity index is 974. The second kappa shape index (κ2) is 9.94. The minimum Gasteiger partial charge on any atom is -0.491 e. The smallest absolute Gasteiger partial charge is 0.345 e. The van der Waals surface area contributed by atoms with Crippen molar-refractivity contribution >= 4 is 5.97 Å². The molecule has 0 fully saturated rings. The van der Waals surface area contributed by atoms with E-state index in [9.17, 15) is 9.90 Å². The number of ether oxygens (including phenoxy) is 2. The maximum atomic E-state index is 11.7. The van der Waals surface area contributed by atoms with Gasteiger partial charge in [-0.3, -0.25) is 0 Å². The molecular weight excluding hydrogens is 380 g/mol. The van der Waals surface area contributed by atoms with Crippen LogP contribution in [0.2, 0.25) is 0 Å². The predicted molar refractivity (Wildman–Crippen MR) is 116 cm³/mol. The molecule has 0 bridgehead atoms. The number of carbonyl (C=O) groups is 1. The first-order valence-corrected chi connectivity index (χ1v) is 9.86. The third-order valence-electron chi connectivity index (χ3n) is 4.78. The van der Waals surface area contributed by atoms with E-state index in [2.05, 4.69) is 0 Å². The molecule has 0 spiro atoms. The summed E-state index contributed by atoms with van der Waals surface area (Å²) in [6.45, 7) is 4.14. The quantitative estimate of drug-likeness (QED) is 0.550. The van der Waals surface area contributed by atoms with Gasteiger partial charge in [-0.1, -0.05) is 42.5 Å². The monoisotopic (exact) mass is 406 g/mol. The zero-order valence-electron chi connectivity index (χ0n) is 17.2. The number of aryl methyl sites for hydroxylation is 2. The third-order valence-corrected chi connectivity index (χ3v) is 4.78. The molecule has 3 aromatic rings. The van der Waals surface area contributed by atoms with Crippen LogP contribution in [-0.2, 0) is 11.2 Å². The van der Waals surface area contributed by atoms with Crippen molar-refractivity contribution in [2.24, 2.45) is 0 Å². The van der Waals surface area contributed by atoms with Gasteiger partial charge in [-0.15, -0.1) is 0 Å². The lowest BCUT2D eigenvalue weighted by Gasteiger charge is -2.17. The van der Waals surface area contributed by atoms with Gasteiger partial charge in [0.1, 0.15) is 18.1 Å². The SMILES string of the molecule is Cc1cc(-c2cccc(OC(Cc3ccccc3)C(=O)O)c2)cc(C)c1OCCO. The van der Waals surface area contributed by atoms with E-state index in [1.807, 2.05) is 74.5 Å². The summed E-state index contributed by atoms with van der Waals surface area (Å²) in [6, 6.07) is 20.9. The number of hydrogen-bond donors (Lipinski definition) is 2. The van der Waals surface area contributed by atoms with E-state index in [-0.39, 0.29) is 19.6 Å². The van der Waals surface area contributed by atoms with Gasteiger partial charge in [0.15, 0.2) is 6.10 Å². The Balaban J connectivity index is 1.82. The highest BCUT2D eigenvalue weighted by Gasteiger charge is 2.20. The molecule has 0 radical (unpaired) electrons. The molecule has 2 N–H and O–H groups in total. The van der Waals surface area contributed by atoms with Crippen LogP contribution in [0, 0.1) is 13.8 Å². The van der Waals surface area contributed by atoms with Crippen molar-refractivity contribution in [3.8, 4) is 22.6 Å². The molecule has 0 aliphatic carbocycles. The maximum Gasteiger partial charge on any atom is 0.345 e. The second-order valence-corrected chi connectivity index (χ2v) is 7.17. The molecule has 0 aliphatic heterocycles. The molecular formula is C25H26O5. The van der Waals surface area contributed by atoms with Crippen LogP contribution in [0.15, 0.2) is 66.7 Å². The van der Waals surface area contributed by atoms with Gasteiger partial charge in [0.05, 0.1) is 6.61 Å². The van der Waals surface area contributed by atoms with Crippen LogP contribution in [0.1, 0.15) is 16.7 Å². The minimum absolute atomic E-state index is 0.0340. The van der Waals surface area contributed by atoms with Gasteiger partial charge in [-0.05, 0) is 65.9 Å². The molecule has 0 heterocycles. The lowest BCUT2D eigenvalue weighted by Crippen LogP contribution is -2.29. The Morgan fingerprint density at radius 3 is 2.27 bits per heavy atom. The van der Waals surface area contributed by atoms with Gasteiger partial charge in [-0.25, -0.2) is 4.79 Å². The van der Waals surface area contributed by atoms with Crippen molar-refractivity contribution in [1.29, 1.82) is 0 Å². The van der Waals surface area contributed by atoms with Crippen molar-refractivity contribution in [1.82, 2.24) is 0 Å².